The van der Waals surface area contributed by atoms with Gasteiger partial charge in [0.2, 0.25) is 0 Å². The van der Waals surface area contributed by atoms with Crippen molar-refractivity contribution < 1.29 is 23.6 Å². The van der Waals surface area contributed by atoms with Gasteiger partial charge < -0.3 is 18.8 Å². The summed E-state index contributed by atoms with van der Waals surface area (Å²) in [4.78, 5) is 13.9. The van der Waals surface area contributed by atoms with Crippen LogP contribution in [0.25, 0.3) is 0 Å². The second-order valence-corrected chi connectivity index (χ2v) is 8.17. The number of ether oxygens (including phenoxy) is 2. The molecule has 0 spiro atoms. The summed E-state index contributed by atoms with van der Waals surface area (Å²) in [6.07, 6.45) is 1.23. The minimum Gasteiger partial charge on any atom is -0.498 e. The lowest BCUT2D eigenvalue weighted by molar-refractivity contribution is 0.00578. The van der Waals surface area contributed by atoms with Crippen molar-refractivity contribution in [2.75, 3.05) is 6.61 Å². The molecule has 1 amide bonds. The highest BCUT2D eigenvalue weighted by atomic mass is 16.7. The Balaban J connectivity index is 2.18. The molecular formula is C16H28BNO5. The van der Waals surface area contributed by atoms with Crippen molar-refractivity contribution in [1.29, 1.82) is 0 Å². The Hall–Kier alpha value is -1.21. The molecule has 0 N–H and O–H groups in total. The minimum atomic E-state index is -0.627. The van der Waals surface area contributed by atoms with Gasteiger partial charge in [-0.15, -0.1) is 0 Å². The van der Waals surface area contributed by atoms with E-state index < -0.39 is 30.0 Å². The van der Waals surface area contributed by atoms with E-state index in [9.17, 15) is 4.79 Å². The molecule has 2 aliphatic rings. The van der Waals surface area contributed by atoms with Crippen LogP contribution in [0.3, 0.4) is 0 Å². The van der Waals surface area contributed by atoms with Crippen LogP contribution in [0.1, 0.15) is 55.4 Å². The van der Waals surface area contributed by atoms with Gasteiger partial charge in [0, 0.05) is 6.20 Å². The standard InChI is InChI=1S/C16H28BNO5/c1-11-10-20-12(9-18(11)13(19)21-14(2,3)4)17-22-15(5,6)16(7,8)23-17/h9,11H,10H2,1-8H3. The third kappa shape index (κ3) is 3.83. The van der Waals surface area contributed by atoms with E-state index >= 15 is 0 Å². The Labute approximate surface area is 139 Å². The summed E-state index contributed by atoms with van der Waals surface area (Å²) in [6.45, 7) is 15.7. The molecule has 1 saturated heterocycles. The first-order valence-corrected chi connectivity index (χ1v) is 8.04. The molecule has 130 valence electrons. The molecule has 0 radical (unpaired) electrons. The van der Waals surface area contributed by atoms with Gasteiger partial charge in [-0.25, -0.2) is 4.79 Å². The van der Waals surface area contributed by atoms with Crippen molar-refractivity contribution in [3.8, 4) is 0 Å². The summed E-state index contributed by atoms with van der Waals surface area (Å²) >= 11 is 0. The average molecular weight is 325 g/mol. The molecule has 2 aliphatic heterocycles. The molecule has 2 rings (SSSR count). The third-order valence-corrected chi connectivity index (χ3v) is 4.32. The van der Waals surface area contributed by atoms with Crippen molar-refractivity contribution >= 4 is 13.2 Å². The second-order valence-electron chi connectivity index (χ2n) is 8.17. The zero-order chi connectivity index (χ0) is 17.6. The van der Waals surface area contributed by atoms with Crippen molar-refractivity contribution in [2.45, 2.75) is 78.2 Å². The Bertz CT molecular complexity index is 493. The predicted molar refractivity (Wildman–Crippen MR) is 87.7 cm³/mol. The van der Waals surface area contributed by atoms with Crippen LogP contribution >= 0.6 is 0 Å². The second kappa shape index (κ2) is 5.70. The first-order valence-electron chi connectivity index (χ1n) is 8.04. The van der Waals surface area contributed by atoms with Crippen molar-refractivity contribution in [2.24, 2.45) is 0 Å². The van der Waals surface area contributed by atoms with Crippen LogP contribution < -0.4 is 0 Å². The molecule has 1 atom stereocenters. The van der Waals surface area contributed by atoms with E-state index in [1.54, 1.807) is 6.20 Å². The van der Waals surface area contributed by atoms with Gasteiger partial charge in [0.1, 0.15) is 17.9 Å². The average Bonchev–Trinajstić information content (AvgIpc) is 2.56. The van der Waals surface area contributed by atoms with Gasteiger partial charge in [-0.3, -0.25) is 4.90 Å². The highest BCUT2D eigenvalue weighted by Gasteiger charge is 2.54. The van der Waals surface area contributed by atoms with Crippen LogP contribution in [0.2, 0.25) is 0 Å². The first-order chi connectivity index (χ1) is 10.3. The maximum absolute atomic E-state index is 12.4. The normalized spacial score (nSPS) is 26.6. The van der Waals surface area contributed by atoms with Gasteiger partial charge in [0.05, 0.1) is 17.2 Å². The Morgan fingerprint density at radius 2 is 1.78 bits per heavy atom. The molecule has 1 fully saturated rings. The quantitative estimate of drug-likeness (QED) is 0.693. The fraction of sp³-hybridized carbons (Fsp3) is 0.812. The van der Waals surface area contributed by atoms with Crippen molar-refractivity contribution in [1.82, 2.24) is 4.90 Å². The summed E-state index contributed by atoms with van der Waals surface area (Å²) in [5.41, 5.74) is -0.968. The van der Waals surface area contributed by atoms with Gasteiger partial charge in [-0.1, -0.05) is 0 Å². The summed E-state index contributed by atoms with van der Waals surface area (Å²) in [5, 5.41) is 0. The molecule has 0 aromatic carbocycles. The molecule has 0 aromatic heterocycles. The molecule has 7 heteroatoms. The maximum Gasteiger partial charge on any atom is 0.533 e. The SMILES string of the molecule is CC1COC(B2OC(C)(C)C(C)(C)O2)=CN1C(=O)OC(C)(C)C. The summed E-state index contributed by atoms with van der Waals surface area (Å²) in [7, 11) is -0.627. The molecule has 0 aromatic rings. The molecular weight excluding hydrogens is 297 g/mol. The number of carbonyl (C=O) groups excluding carboxylic acids is 1. The van der Waals surface area contributed by atoms with Gasteiger partial charge in [-0.2, -0.15) is 0 Å². The third-order valence-electron chi connectivity index (χ3n) is 4.32. The minimum absolute atomic E-state index is 0.115. The molecule has 0 bridgehead atoms. The van der Waals surface area contributed by atoms with E-state index in [0.717, 1.165) is 0 Å². The highest BCUT2D eigenvalue weighted by molar-refractivity contribution is 6.53. The van der Waals surface area contributed by atoms with Crippen LogP contribution in [0.5, 0.6) is 0 Å². The molecule has 2 heterocycles. The lowest BCUT2D eigenvalue weighted by Gasteiger charge is -2.33. The van der Waals surface area contributed by atoms with Gasteiger partial charge in [0.25, 0.3) is 0 Å². The molecule has 23 heavy (non-hydrogen) atoms. The van der Waals surface area contributed by atoms with E-state index in [1.165, 1.54) is 4.90 Å². The van der Waals surface area contributed by atoms with Crippen LogP contribution in [0.4, 0.5) is 4.79 Å². The van der Waals surface area contributed by atoms with E-state index in [1.807, 2.05) is 55.4 Å². The topological polar surface area (TPSA) is 57.2 Å². The smallest absolute Gasteiger partial charge is 0.498 e. The fourth-order valence-corrected chi connectivity index (χ4v) is 2.23. The number of hydrogen-bond donors (Lipinski definition) is 0. The number of nitrogens with zero attached hydrogens (tertiary/aromatic N) is 1. The summed E-state index contributed by atoms with van der Waals surface area (Å²) in [5.74, 6) is 0. The van der Waals surface area contributed by atoms with E-state index in [2.05, 4.69) is 0 Å². The monoisotopic (exact) mass is 325 g/mol. The zero-order valence-corrected chi connectivity index (χ0v) is 15.4. The molecule has 1 unspecified atom stereocenters. The van der Waals surface area contributed by atoms with Gasteiger partial charge in [-0.05, 0) is 55.4 Å². The van der Waals surface area contributed by atoms with Gasteiger partial charge >= 0.3 is 13.2 Å². The van der Waals surface area contributed by atoms with Crippen LogP contribution in [0, 0.1) is 0 Å². The number of rotatable bonds is 1. The number of carbonyl (C=O) groups is 1. The highest BCUT2D eigenvalue weighted by Crippen LogP contribution is 2.39. The van der Waals surface area contributed by atoms with Crippen LogP contribution in [0.15, 0.2) is 11.9 Å². The lowest BCUT2D eigenvalue weighted by Crippen LogP contribution is -2.45. The number of amides is 1. The van der Waals surface area contributed by atoms with E-state index in [4.69, 9.17) is 18.8 Å². The van der Waals surface area contributed by atoms with Crippen molar-refractivity contribution in [3.05, 3.63) is 11.9 Å². The summed E-state index contributed by atoms with van der Waals surface area (Å²) in [6, 6.07) is -0.115. The van der Waals surface area contributed by atoms with Crippen LogP contribution in [-0.2, 0) is 18.8 Å². The Morgan fingerprint density at radius 3 is 2.26 bits per heavy atom. The number of hydrogen-bond acceptors (Lipinski definition) is 5. The van der Waals surface area contributed by atoms with Crippen molar-refractivity contribution in [3.63, 3.8) is 0 Å². The molecule has 6 nitrogen and oxygen atoms in total. The summed E-state index contributed by atoms with van der Waals surface area (Å²) < 4.78 is 23.1. The van der Waals surface area contributed by atoms with E-state index in [-0.39, 0.29) is 6.04 Å². The fourth-order valence-electron chi connectivity index (χ4n) is 2.23. The Kier molecular flexibility index (Phi) is 4.50. The van der Waals surface area contributed by atoms with Gasteiger partial charge in [0.15, 0.2) is 0 Å². The molecule has 0 aliphatic carbocycles. The Morgan fingerprint density at radius 1 is 1.26 bits per heavy atom. The predicted octanol–water partition coefficient (Wildman–Crippen LogP) is 3.12. The largest absolute Gasteiger partial charge is 0.533 e. The maximum atomic E-state index is 12.4. The van der Waals surface area contributed by atoms with Crippen LogP contribution in [-0.4, -0.2) is 47.6 Å². The first kappa shape index (κ1) is 18.1. The van der Waals surface area contributed by atoms with E-state index in [0.29, 0.717) is 12.3 Å². The zero-order valence-electron chi connectivity index (χ0n) is 15.4. The molecule has 0 saturated carbocycles. The lowest BCUT2D eigenvalue weighted by atomic mass is 9.86.